The molecule has 3 aromatic rings. The van der Waals surface area contributed by atoms with Crippen LogP contribution in [0.2, 0.25) is 0 Å². The van der Waals surface area contributed by atoms with Gasteiger partial charge in [-0.15, -0.1) is 0 Å². The van der Waals surface area contributed by atoms with Crippen LogP contribution in [0.3, 0.4) is 0 Å². The first-order valence-electron chi connectivity index (χ1n) is 6.69. The Bertz CT molecular complexity index is 808. The third-order valence-corrected chi connectivity index (χ3v) is 3.68. The molecule has 0 spiro atoms. The molecule has 0 radical (unpaired) electrons. The molecule has 0 saturated carbocycles. The highest BCUT2D eigenvalue weighted by molar-refractivity contribution is 6.08. The van der Waals surface area contributed by atoms with Crippen molar-refractivity contribution in [3.05, 3.63) is 65.6 Å². The van der Waals surface area contributed by atoms with E-state index in [0.29, 0.717) is 5.69 Å². The second-order valence-corrected chi connectivity index (χ2v) is 5.01. The SMILES string of the molecule is Cc1c(C(=O)N(C)c2ccccc2)[nH]c2ccc(F)cc12. The van der Waals surface area contributed by atoms with Crippen LogP contribution in [0.25, 0.3) is 10.9 Å². The van der Waals surface area contributed by atoms with E-state index >= 15 is 0 Å². The first-order valence-corrected chi connectivity index (χ1v) is 6.69. The molecule has 2 aromatic carbocycles. The molecular formula is C17H15FN2O. The van der Waals surface area contributed by atoms with Gasteiger partial charge >= 0.3 is 0 Å². The van der Waals surface area contributed by atoms with Crippen LogP contribution >= 0.6 is 0 Å². The Morgan fingerprint density at radius 3 is 2.57 bits per heavy atom. The highest BCUT2D eigenvalue weighted by Gasteiger charge is 2.19. The summed E-state index contributed by atoms with van der Waals surface area (Å²) in [6, 6.07) is 13.9. The summed E-state index contributed by atoms with van der Waals surface area (Å²) in [6.07, 6.45) is 0. The first kappa shape index (κ1) is 13.4. The van der Waals surface area contributed by atoms with E-state index in [-0.39, 0.29) is 11.7 Å². The van der Waals surface area contributed by atoms with Gasteiger partial charge in [-0.25, -0.2) is 4.39 Å². The van der Waals surface area contributed by atoms with Gasteiger partial charge in [-0.05, 0) is 42.8 Å². The van der Waals surface area contributed by atoms with Crippen molar-refractivity contribution in [3.8, 4) is 0 Å². The lowest BCUT2D eigenvalue weighted by atomic mass is 10.1. The van der Waals surface area contributed by atoms with Crippen molar-refractivity contribution >= 4 is 22.5 Å². The van der Waals surface area contributed by atoms with E-state index in [1.807, 2.05) is 37.3 Å². The summed E-state index contributed by atoms with van der Waals surface area (Å²) in [5.41, 5.74) is 2.82. The van der Waals surface area contributed by atoms with E-state index < -0.39 is 0 Å². The van der Waals surface area contributed by atoms with Crippen molar-refractivity contribution in [1.29, 1.82) is 0 Å². The fraction of sp³-hybridized carbons (Fsp3) is 0.118. The number of hydrogen-bond acceptors (Lipinski definition) is 1. The van der Waals surface area contributed by atoms with Gasteiger partial charge in [0, 0.05) is 23.6 Å². The number of carbonyl (C=O) groups excluding carboxylic acids is 1. The number of nitrogens with one attached hydrogen (secondary N) is 1. The molecule has 3 nitrogen and oxygen atoms in total. The molecule has 0 atom stereocenters. The fourth-order valence-corrected chi connectivity index (χ4v) is 2.45. The Hall–Kier alpha value is -2.62. The normalized spacial score (nSPS) is 10.8. The molecule has 1 aromatic heterocycles. The molecule has 21 heavy (non-hydrogen) atoms. The first-order chi connectivity index (χ1) is 10.1. The number of amides is 1. The standard InChI is InChI=1S/C17H15FN2O/c1-11-14-10-12(18)8-9-15(14)19-16(11)17(21)20(2)13-6-4-3-5-7-13/h3-10,19H,1-2H3. The molecule has 0 fully saturated rings. The highest BCUT2D eigenvalue weighted by atomic mass is 19.1. The number of H-pyrrole nitrogens is 1. The summed E-state index contributed by atoms with van der Waals surface area (Å²) < 4.78 is 13.3. The number of fused-ring (bicyclic) bond motifs is 1. The van der Waals surface area contributed by atoms with Crippen molar-refractivity contribution in [2.75, 3.05) is 11.9 Å². The Morgan fingerprint density at radius 2 is 1.86 bits per heavy atom. The number of anilines is 1. The third kappa shape index (κ3) is 2.29. The van der Waals surface area contributed by atoms with Gasteiger partial charge in [0.2, 0.25) is 0 Å². The predicted molar refractivity (Wildman–Crippen MR) is 82.2 cm³/mol. The summed E-state index contributed by atoms with van der Waals surface area (Å²) in [6.45, 7) is 1.82. The number of aromatic amines is 1. The van der Waals surface area contributed by atoms with Gasteiger partial charge in [0.05, 0.1) is 0 Å². The van der Waals surface area contributed by atoms with E-state index in [9.17, 15) is 9.18 Å². The average Bonchev–Trinajstić information content (AvgIpc) is 2.83. The molecule has 0 aliphatic carbocycles. The van der Waals surface area contributed by atoms with Crippen molar-refractivity contribution in [2.24, 2.45) is 0 Å². The molecule has 0 aliphatic rings. The molecule has 0 saturated heterocycles. The minimum absolute atomic E-state index is 0.143. The number of carbonyl (C=O) groups is 1. The maximum absolute atomic E-state index is 13.3. The lowest BCUT2D eigenvalue weighted by molar-refractivity contribution is 0.0988. The van der Waals surface area contributed by atoms with E-state index in [2.05, 4.69) is 4.98 Å². The number of para-hydroxylation sites is 1. The molecule has 0 aliphatic heterocycles. The smallest absolute Gasteiger partial charge is 0.274 e. The van der Waals surface area contributed by atoms with Crippen LogP contribution < -0.4 is 4.90 Å². The van der Waals surface area contributed by atoms with E-state index in [0.717, 1.165) is 22.2 Å². The van der Waals surface area contributed by atoms with Gasteiger partial charge in [-0.3, -0.25) is 4.79 Å². The number of benzene rings is 2. The molecule has 0 bridgehead atoms. The number of rotatable bonds is 2. The van der Waals surface area contributed by atoms with Crippen molar-refractivity contribution in [1.82, 2.24) is 4.98 Å². The average molecular weight is 282 g/mol. The van der Waals surface area contributed by atoms with Crippen molar-refractivity contribution in [3.63, 3.8) is 0 Å². The number of aromatic nitrogens is 1. The fourth-order valence-electron chi connectivity index (χ4n) is 2.45. The molecule has 0 unspecified atom stereocenters. The molecule has 1 heterocycles. The van der Waals surface area contributed by atoms with Crippen molar-refractivity contribution < 1.29 is 9.18 Å². The minimum Gasteiger partial charge on any atom is -0.350 e. The monoisotopic (exact) mass is 282 g/mol. The predicted octanol–water partition coefficient (Wildman–Crippen LogP) is 3.89. The lowest BCUT2D eigenvalue weighted by Gasteiger charge is -2.16. The molecule has 1 N–H and O–H groups in total. The Kier molecular flexibility index (Phi) is 3.22. The number of aryl methyl sites for hydroxylation is 1. The zero-order valence-corrected chi connectivity index (χ0v) is 11.9. The topological polar surface area (TPSA) is 36.1 Å². The molecule has 3 rings (SSSR count). The zero-order chi connectivity index (χ0) is 15.0. The largest absolute Gasteiger partial charge is 0.350 e. The van der Waals surface area contributed by atoms with Gasteiger partial charge in [0.1, 0.15) is 11.5 Å². The quantitative estimate of drug-likeness (QED) is 0.760. The Balaban J connectivity index is 2.04. The second kappa shape index (κ2) is 5.05. The Labute approximate surface area is 122 Å². The number of hydrogen-bond donors (Lipinski definition) is 1. The van der Waals surface area contributed by atoms with Crippen LogP contribution in [0, 0.1) is 12.7 Å². The summed E-state index contributed by atoms with van der Waals surface area (Å²) in [5, 5.41) is 0.736. The molecule has 4 heteroatoms. The van der Waals surface area contributed by atoms with Crippen LogP contribution in [-0.2, 0) is 0 Å². The van der Waals surface area contributed by atoms with Crippen LogP contribution in [0.15, 0.2) is 48.5 Å². The van der Waals surface area contributed by atoms with E-state index in [4.69, 9.17) is 0 Å². The van der Waals surface area contributed by atoms with Gasteiger partial charge in [0.25, 0.3) is 5.91 Å². The summed E-state index contributed by atoms with van der Waals surface area (Å²) in [5.74, 6) is -0.449. The molecule has 106 valence electrons. The second-order valence-electron chi connectivity index (χ2n) is 5.01. The zero-order valence-electron chi connectivity index (χ0n) is 11.9. The van der Waals surface area contributed by atoms with E-state index in [1.54, 1.807) is 18.0 Å². The van der Waals surface area contributed by atoms with Gasteiger partial charge in [-0.2, -0.15) is 0 Å². The van der Waals surface area contributed by atoms with Gasteiger partial charge < -0.3 is 9.88 Å². The number of halogens is 1. The van der Waals surface area contributed by atoms with Gasteiger partial charge in [0.15, 0.2) is 0 Å². The Morgan fingerprint density at radius 1 is 1.14 bits per heavy atom. The van der Waals surface area contributed by atoms with E-state index in [1.165, 1.54) is 12.1 Å². The maximum atomic E-state index is 13.3. The van der Waals surface area contributed by atoms with Crippen LogP contribution in [0.4, 0.5) is 10.1 Å². The van der Waals surface area contributed by atoms with Crippen LogP contribution in [-0.4, -0.2) is 17.9 Å². The maximum Gasteiger partial charge on any atom is 0.274 e. The molecule has 1 amide bonds. The summed E-state index contributed by atoms with van der Waals surface area (Å²) >= 11 is 0. The van der Waals surface area contributed by atoms with Crippen molar-refractivity contribution in [2.45, 2.75) is 6.92 Å². The molecular weight excluding hydrogens is 267 g/mol. The lowest BCUT2D eigenvalue weighted by Crippen LogP contribution is -2.27. The third-order valence-electron chi connectivity index (χ3n) is 3.68. The highest BCUT2D eigenvalue weighted by Crippen LogP contribution is 2.24. The van der Waals surface area contributed by atoms with Gasteiger partial charge in [-0.1, -0.05) is 18.2 Å². The minimum atomic E-state index is -0.306. The van der Waals surface area contributed by atoms with Crippen LogP contribution in [0.5, 0.6) is 0 Å². The van der Waals surface area contributed by atoms with Crippen LogP contribution in [0.1, 0.15) is 16.1 Å². The summed E-state index contributed by atoms with van der Waals surface area (Å²) in [7, 11) is 1.73. The summed E-state index contributed by atoms with van der Waals surface area (Å²) in [4.78, 5) is 17.3. The number of nitrogens with zero attached hydrogens (tertiary/aromatic N) is 1.